The zero-order valence-electron chi connectivity index (χ0n) is 25.7. The molecule has 0 bridgehead atoms. The van der Waals surface area contributed by atoms with Crippen molar-refractivity contribution in [2.75, 3.05) is 0 Å². The number of aromatic nitrogens is 2. The van der Waals surface area contributed by atoms with Crippen LogP contribution in [0.25, 0.3) is 86.6 Å². The van der Waals surface area contributed by atoms with Crippen molar-refractivity contribution in [1.29, 1.82) is 0 Å². The Morgan fingerprint density at radius 2 is 1.08 bits per heavy atom. The molecule has 0 amide bonds. The van der Waals surface area contributed by atoms with Crippen LogP contribution in [0.2, 0.25) is 0 Å². The summed E-state index contributed by atoms with van der Waals surface area (Å²) < 4.78 is 7.68. The first kappa shape index (κ1) is 26.5. The molecule has 0 unspecified atom stereocenters. The number of hydrogen-bond donors (Lipinski definition) is 0. The molecule has 4 heteroatoms. The normalized spacial score (nSPS) is 12.5. The summed E-state index contributed by atoms with van der Waals surface area (Å²) in [5, 5.41) is 6.56. The lowest BCUT2D eigenvalue weighted by Crippen LogP contribution is -2.05. The Bertz CT molecular complexity index is 2910. The Morgan fingerprint density at radius 1 is 0.417 bits per heavy atom. The highest BCUT2D eigenvalue weighted by molar-refractivity contribution is 7.99. The molecule has 11 rings (SSSR count). The van der Waals surface area contributed by atoms with Crippen LogP contribution >= 0.6 is 23.1 Å². The quantitative estimate of drug-likeness (QED) is 0.186. The maximum absolute atomic E-state index is 2.52. The summed E-state index contributed by atoms with van der Waals surface area (Å²) in [6.07, 6.45) is 0. The van der Waals surface area contributed by atoms with Crippen LogP contribution in [0.4, 0.5) is 0 Å². The van der Waals surface area contributed by atoms with Crippen LogP contribution in [0.1, 0.15) is 0 Å². The third-order valence-corrected chi connectivity index (χ3v) is 12.2. The third-order valence-electron chi connectivity index (χ3n) is 9.92. The van der Waals surface area contributed by atoms with Crippen LogP contribution in [0.3, 0.4) is 0 Å². The van der Waals surface area contributed by atoms with Gasteiger partial charge in [0.25, 0.3) is 0 Å². The standard InChI is InChI=1S/C44H26N2S2/c1-2-11-27(12-3-1)31-14-8-18-35-41(31)42-33-16-10-22-39-43(33)46(34-17-5-7-20-37(34)48-39)44(42)45(35)29-25-23-28(24-26-29)30-15-9-21-38-40(30)32-13-4-6-19-36(32)47-38/h1-26H. The molecule has 3 aromatic heterocycles. The second-order valence-corrected chi connectivity index (χ2v) is 14.6. The van der Waals surface area contributed by atoms with Crippen LogP contribution in [-0.4, -0.2) is 9.13 Å². The Morgan fingerprint density at radius 3 is 1.98 bits per heavy atom. The van der Waals surface area contributed by atoms with E-state index in [0.717, 1.165) is 5.69 Å². The van der Waals surface area contributed by atoms with Crippen molar-refractivity contribution in [3.05, 3.63) is 158 Å². The molecular weight excluding hydrogens is 621 g/mol. The minimum atomic E-state index is 1.16. The van der Waals surface area contributed by atoms with E-state index in [1.54, 1.807) is 0 Å². The van der Waals surface area contributed by atoms with Gasteiger partial charge >= 0.3 is 0 Å². The second kappa shape index (κ2) is 9.98. The SMILES string of the molecule is c1ccc(-c2cccc3c2c2c4cccc5c4n(c2n3-c2ccc(-c3cccc4sc6ccccc6c34)cc2)-c2ccccc2S5)cc1. The number of para-hydroxylation sites is 2. The van der Waals surface area contributed by atoms with Crippen molar-refractivity contribution in [1.82, 2.24) is 9.13 Å². The van der Waals surface area contributed by atoms with Crippen LogP contribution in [0.15, 0.2) is 168 Å². The maximum Gasteiger partial charge on any atom is 0.131 e. The molecule has 1 aliphatic heterocycles. The van der Waals surface area contributed by atoms with Crippen molar-refractivity contribution in [3.63, 3.8) is 0 Å². The molecule has 0 fully saturated rings. The molecule has 7 aromatic carbocycles. The number of fused-ring (bicyclic) bond motifs is 10. The van der Waals surface area contributed by atoms with Crippen LogP contribution in [0.5, 0.6) is 0 Å². The highest BCUT2D eigenvalue weighted by atomic mass is 32.2. The van der Waals surface area contributed by atoms with E-state index in [1.807, 2.05) is 23.1 Å². The largest absolute Gasteiger partial charge is 0.295 e. The molecule has 0 radical (unpaired) electrons. The molecule has 0 saturated heterocycles. The predicted molar refractivity (Wildman–Crippen MR) is 205 cm³/mol. The van der Waals surface area contributed by atoms with Crippen LogP contribution in [-0.2, 0) is 0 Å². The zero-order valence-corrected chi connectivity index (χ0v) is 27.4. The smallest absolute Gasteiger partial charge is 0.131 e. The van der Waals surface area contributed by atoms with Gasteiger partial charge in [-0.3, -0.25) is 9.13 Å². The number of nitrogens with zero attached hydrogens (tertiary/aromatic N) is 2. The Balaban J connectivity index is 1.23. The van der Waals surface area contributed by atoms with Crippen molar-refractivity contribution < 1.29 is 0 Å². The minimum absolute atomic E-state index is 1.16. The summed E-state index contributed by atoms with van der Waals surface area (Å²) in [4.78, 5) is 2.58. The molecule has 10 aromatic rings. The summed E-state index contributed by atoms with van der Waals surface area (Å²) in [6.45, 7) is 0. The minimum Gasteiger partial charge on any atom is -0.295 e. The molecule has 1 aliphatic rings. The van der Waals surface area contributed by atoms with Gasteiger partial charge in [0.1, 0.15) is 5.65 Å². The van der Waals surface area contributed by atoms with E-state index in [9.17, 15) is 0 Å². The summed E-state index contributed by atoms with van der Waals surface area (Å²) in [7, 11) is 0. The first-order valence-electron chi connectivity index (χ1n) is 16.3. The fraction of sp³-hybridized carbons (Fsp3) is 0. The van der Waals surface area contributed by atoms with Crippen molar-refractivity contribution in [2.45, 2.75) is 9.79 Å². The Hall–Kier alpha value is -5.55. The van der Waals surface area contributed by atoms with Crippen molar-refractivity contribution >= 4 is 76.1 Å². The average molecular weight is 647 g/mol. The van der Waals surface area contributed by atoms with Gasteiger partial charge in [0.05, 0.1) is 16.7 Å². The molecule has 0 spiro atoms. The van der Waals surface area contributed by atoms with Gasteiger partial charge in [-0.05, 0) is 70.8 Å². The van der Waals surface area contributed by atoms with Gasteiger partial charge in [-0.25, -0.2) is 0 Å². The molecule has 2 nitrogen and oxygen atoms in total. The molecule has 0 aliphatic carbocycles. The molecule has 0 saturated carbocycles. The maximum atomic E-state index is 2.52. The Labute approximate surface area is 285 Å². The lowest BCUT2D eigenvalue weighted by atomic mass is 9.99. The first-order chi connectivity index (χ1) is 23.8. The monoisotopic (exact) mass is 646 g/mol. The fourth-order valence-corrected chi connectivity index (χ4v) is 10.2. The molecule has 0 N–H and O–H groups in total. The lowest BCUT2D eigenvalue weighted by Gasteiger charge is -2.21. The fourth-order valence-electron chi connectivity index (χ4n) is 7.94. The first-order valence-corrected chi connectivity index (χ1v) is 17.9. The molecule has 48 heavy (non-hydrogen) atoms. The molecule has 0 atom stereocenters. The average Bonchev–Trinajstić information content (AvgIpc) is 3.81. The van der Waals surface area contributed by atoms with E-state index in [1.165, 1.54) is 90.7 Å². The van der Waals surface area contributed by atoms with Gasteiger partial charge in [-0.2, -0.15) is 0 Å². The number of thiophene rings is 1. The van der Waals surface area contributed by atoms with E-state index >= 15 is 0 Å². The van der Waals surface area contributed by atoms with E-state index in [0.29, 0.717) is 0 Å². The topological polar surface area (TPSA) is 9.86 Å². The summed E-state index contributed by atoms with van der Waals surface area (Å²) in [5.74, 6) is 0. The van der Waals surface area contributed by atoms with Gasteiger partial charge in [0, 0.05) is 51.8 Å². The van der Waals surface area contributed by atoms with Crippen LogP contribution in [0, 0.1) is 0 Å². The number of benzene rings is 7. The molecule has 4 heterocycles. The summed E-state index contributed by atoms with van der Waals surface area (Å²) in [5.41, 5.74) is 11.1. The number of hydrogen-bond acceptors (Lipinski definition) is 2. The van der Waals surface area contributed by atoms with E-state index < -0.39 is 0 Å². The third kappa shape index (κ3) is 3.59. The van der Waals surface area contributed by atoms with Crippen molar-refractivity contribution in [2.24, 2.45) is 0 Å². The van der Waals surface area contributed by atoms with Gasteiger partial charge in [0.2, 0.25) is 0 Å². The number of rotatable bonds is 3. The predicted octanol–water partition coefficient (Wildman–Crippen LogP) is 12.9. The zero-order chi connectivity index (χ0) is 31.3. The van der Waals surface area contributed by atoms with Gasteiger partial charge < -0.3 is 0 Å². The van der Waals surface area contributed by atoms with Gasteiger partial charge in [0.15, 0.2) is 0 Å². The molecular formula is C44H26N2S2. The Kier molecular flexibility index (Phi) is 5.51. The van der Waals surface area contributed by atoms with E-state index in [-0.39, 0.29) is 0 Å². The van der Waals surface area contributed by atoms with E-state index in [2.05, 4.69) is 167 Å². The van der Waals surface area contributed by atoms with Crippen molar-refractivity contribution in [3.8, 4) is 33.6 Å². The highest BCUT2D eigenvalue weighted by Crippen LogP contribution is 2.51. The van der Waals surface area contributed by atoms with Gasteiger partial charge in [-0.1, -0.05) is 121 Å². The second-order valence-electron chi connectivity index (χ2n) is 12.5. The lowest BCUT2D eigenvalue weighted by molar-refractivity contribution is 1.03. The van der Waals surface area contributed by atoms with E-state index in [4.69, 9.17) is 0 Å². The summed E-state index contributed by atoms with van der Waals surface area (Å²) in [6, 6.07) is 58.0. The highest BCUT2D eigenvalue weighted by Gasteiger charge is 2.28. The summed E-state index contributed by atoms with van der Waals surface area (Å²) >= 11 is 3.75. The van der Waals surface area contributed by atoms with Crippen LogP contribution < -0.4 is 0 Å². The molecule has 224 valence electrons. The van der Waals surface area contributed by atoms with Gasteiger partial charge in [-0.15, -0.1) is 11.3 Å².